The fourth-order valence-electron chi connectivity index (χ4n) is 5.06. The van der Waals surface area contributed by atoms with Crippen molar-refractivity contribution in [3.63, 3.8) is 0 Å². The standard InChI is InChI=1S/C32H56N4O6/c1-22(2)25(21-35-31(38)26-9-7-8-10-30(26)42-16-11-24(5)40-6)19-28(33)29(37)20-27(23(3)4)32(39)34-12-13-36-14-17-41-18-15-36/h7-10,22-25,27-29,37H,11-21,33H2,1-6H3,(H,34,39)(H,35,38)/t24?,25-,27-,28+,29+/m1/s1. The van der Waals surface area contributed by atoms with Crippen LogP contribution in [0.25, 0.3) is 0 Å². The van der Waals surface area contributed by atoms with E-state index in [0.29, 0.717) is 43.9 Å². The molecule has 0 bridgehead atoms. The number of para-hydroxylation sites is 1. The molecule has 1 aromatic rings. The molecule has 1 fully saturated rings. The molecule has 1 aromatic carbocycles. The Kier molecular flexibility index (Phi) is 16.4. The molecule has 1 aliphatic rings. The zero-order valence-electron chi connectivity index (χ0n) is 26.6. The number of methoxy groups -OCH3 is 1. The first-order chi connectivity index (χ1) is 20.0. The van der Waals surface area contributed by atoms with Crippen molar-refractivity contribution in [1.29, 1.82) is 0 Å². The van der Waals surface area contributed by atoms with Crippen molar-refractivity contribution >= 4 is 11.8 Å². The lowest BCUT2D eigenvalue weighted by Crippen LogP contribution is -2.45. The van der Waals surface area contributed by atoms with Crippen LogP contribution in [0, 0.1) is 23.7 Å². The van der Waals surface area contributed by atoms with E-state index in [1.165, 1.54) is 0 Å². The minimum atomic E-state index is -0.831. The van der Waals surface area contributed by atoms with Crippen LogP contribution >= 0.6 is 0 Å². The fraction of sp³-hybridized carbons (Fsp3) is 0.750. The molecule has 1 aliphatic heterocycles. The van der Waals surface area contributed by atoms with Gasteiger partial charge in [-0.25, -0.2) is 0 Å². The van der Waals surface area contributed by atoms with Gasteiger partial charge in [0, 0.05) is 58.2 Å². The van der Waals surface area contributed by atoms with E-state index in [1.807, 2.05) is 32.9 Å². The molecule has 10 nitrogen and oxygen atoms in total. The van der Waals surface area contributed by atoms with Crippen LogP contribution in [-0.2, 0) is 14.3 Å². The second kappa shape index (κ2) is 19.1. The molecule has 42 heavy (non-hydrogen) atoms. The minimum absolute atomic E-state index is 0.0465. The van der Waals surface area contributed by atoms with Crippen LogP contribution in [0.15, 0.2) is 24.3 Å². The number of rotatable bonds is 19. The predicted octanol–water partition coefficient (Wildman–Crippen LogP) is 2.68. The summed E-state index contributed by atoms with van der Waals surface area (Å²) in [4.78, 5) is 28.4. The van der Waals surface area contributed by atoms with Crippen molar-refractivity contribution in [2.45, 2.75) is 72.1 Å². The zero-order chi connectivity index (χ0) is 31.1. The Morgan fingerprint density at radius 3 is 2.38 bits per heavy atom. The van der Waals surface area contributed by atoms with Crippen molar-refractivity contribution in [2.75, 3.05) is 59.7 Å². The molecule has 2 rings (SSSR count). The summed E-state index contributed by atoms with van der Waals surface area (Å²) >= 11 is 0. The van der Waals surface area contributed by atoms with E-state index in [-0.39, 0.29) is 41.6 Å². The number of nitrogens with two attached hydrogens (primary N) is 1. The molecule has 5 atom stereocenters. The molecule has 1 unspecified atom stereocenters. The molecular weight excluding hydrogens is 536 g/mol. The van der Waals surface area contributed by atoms with Crippen LogP contribution in [0.1, 0.15) is 64.2 Å². The fourth-order valence-corrected chi connectivity index (χ4v) is 5.06. The van der Waals surface area contributed by atoms with Gasteiger partial charge in [-0.1, -0.05) is 39.8 Å². The van der Waals surface area contributed by atoms with Crippen LogP contribution in [0.4, 0.5) is 0 Å². The highest BCUT2D eigenvalue weighted by molar-refractivity contribution is 5.96. The van der Waals surface area contributed by atoms with Crippen LogP contribution in [-0.4, -0.2) is 99.7 Å². The minimum Gasteiger partial charge on any atom is -0.493 e. The summed E-state index contributed by atoms with van der Waals surface area (Å²) < 4.78 is 16.5. The molecule has 0 aliphatic carbocycles. The second-order valence-electron chi connectivity index (χ2n) is 12.2. The maximum Gasteiger partial charge on any atom is 0.255 e. The number of nitrogens with zero attached hydrogens (tertiary/aromatic N) is 1. The number of aliphatic hydroxyl groups is 1. The van der Waals surface area contributed by atoms with Crippen molar-refractivity contribution in [1.82, 2.24) is 15.5 Å². The monoisotopic (exact) mass is 592 g/mol. The lowest BCUT2D eigenvalue weighted by Gasteiger charge is -2.30. The third-order valence-corrected chi connectivity index (χ3v) is 8.32. The third kappa shape index (κ3) is 12.6. The molecular formula is C32H56N4O6. The van der Waals surface area contributed by atoms with Crippen molar-refractivity contribution in [3.05, 3.63) is 29.8 Å². The number of morpholine rings is 1. The third-order valence-electron chi connectivity index (χ3n) is 8.32. The normalized spacial score (nSPS) is 17.9. The summed E-state index contributed by atoms with van der Waals surface area (Å²) in [5, 5.41) is 17.1. The molecule has 0 saturated carbocycles. The van der Waals surface area contributed by atoms with Gasteiger partial charge in [-0.15, -0.1) is 0 Å². The quantitative estimate of drug-likeness (QED) is 0.193. The van der Waals surface area contributed by atoms with Gasteiger partial charge < -0.3 is 35.7 Å². The first-order valence-corrected chi connectivity index (χ1v) is 15.6. The van der Waals surface area contributed by atoms with E-state index in [4.69, 9.17) is 19.9 Å². The van der Waals surface area contributed by atoms with Gasteiger partial charge in [0.2, 0.25) is 5.91 Å². The van der Waals surface area contributed by atoms with Gasteiger partial charge in [-0.2, -0.15) is 0 Å². The Bertz CT molecular complexity index is 924. The lowest BCUT2D eigenvalue weighted by atomic mass is 9.83. The highest BCUT2D eigenvalue weighted by Crippen LogP contribution is 2.24. The molecule has 2 amide bonds. The molecule has 0 radical (unpaired) electrons. The van der Waals surface area contributed by atoms with E-state index in [1.54, 1.807) is 19.2 Å². The Labute approximate surface area is 253 Å². The largest absolute Gasteiger partial charge is 0.493 e. The number of amides is 2. The van der Waals surface area contributed by atoms with Crippen LogP contribution in [0.5, 0.6) is 5.75 Å². The first kappa shape index (κ1) is 36.0. The van der Waals surface area contributed by atoms with Crippen molar-refractivity contribution in [3.8, 4) is 5.75 Å². The van der Waals surface area contributed by atoms with E-state index in [2.05, 4.69) is 29.4 Å². The summed E-state index contributed by atoms with van der Waals surface area (Å²) in [6.07, 6.45) is 0.781. The molecule has 0 spiro atoms. The number of hydrogen-bond acceptors (Lipinski definition) is 8. The van der Waals surface area contributed by atoms with E-state index in [9.17, 15) is 14.7 Å². The molecule has 1 saturated heterocycles. The summed E-state index contributed by atoms with van der Waals surface area (Å²) in [7, 11) is 1.66. The molecule has 1 heterocycles. The van der Waals surface area contributed by atoms with Gasteiger partial charge in [0.25, 0.3) is 5.91 Å². The smallest absolute Gasteiger partial charge is 0.255 e. The number of aliphatic hydroxyl groups excluding tert-OH is 1. The molecule has 0 aromatic heterocycles. The van der Waals surface area contributed by atoms with E-state index < -0.39 is 12.1 Å². The highest BCUT2D eigenvalue weighted by atomic mass is 16.5. The van der Waals surface area contributed by atoms with Gasteiger partial charge in [-0.3, -0.25) is 14.5 Å². The number of carbonyl (C=O) groups excluding carboxylic acids is 2. The topological polar surface area (TPSA) is 135 Å². The Balaban J connectivity index is 1.88. The summed E-state index contributed by atoms with van der Waals surface area (Å²) in [5.74, 6) is 0.291. The average Bonchev–Trinajstić information content (AvgIpc) is 2.97. The zero-order valence-corrected chi connectivity index (χ0v) is 26.6. The number of nitrogens with one attached hydrogen (secondary N) is 2. The molecule has 10 heteroatoms. The lowest BCUT2D eigenvalue weighted by molar-refractivity contribution is -0.127. The SMILES string of the molecule is COC(C)CCOc1ccccc1C(=O)NC[C@@H](C[C@H](N)[C@@H](O)C[C@@H](C(=O)NCCN1CCOCC1)C(C)C)C(C)C. The maximum absolute atomic E-state index is 13.1. The Morgan fingerprint density at radius 1 is 1.05 bits per heavy atom. The van der Waals surface area contributed by atoms with Crippen LogP contribution in [0.2, 0.25) is 0 Å². The van der Waals surface area contributed by atoms with E-state index in [0.717, 1.165) is 39.3 Å². The summed E-state index contributed by atoms with van der Waals surface area (Å²) in [5.41, 5.74) is 6.97. The summed E-state index contributed by atoms with van der Waals surface area (Å²) in [6.45, 7) is 15.6. The molecule has 5 N–H and O–H groups in total. The van der Waals surface area contributed by atoms with Gasteiger partial charge in [-0.05, 0) is 49.7 Å². The van der Waals surface area contributed by atoms with Gasteiger partial charge in [0.1, 0.15) is 5.75 Å². The van der Waals surface area contributed by atoms with Crippen LogP contribution in [0.3, 0.4) is 0 Å². The Hall–Kier alpha value is -2.24. The Morgan fingerprint density at radius 2 is 1.74 bits per heavy atom. The van der Waals surface area contributed by atoms with Gasteiger partial charge >= 0.3 is 0 Å². The number of benzene rings is 1. The van der Waals surface area contributed by atoms with E-state index >= 15 is 0 Å². The number of hydrogen-bond donors (Lipinski definition) is 4. The highest BCUT2D eigenvalue weighted by Gasteiger charge is 2.30. The predicted molar refractivity (Wildman–Crippen MR) is 165 cm³/mol. The second-order valence-corrected chi connectivity index (χ2v) is 12.2. The van der Waals surface area contributed by atoms with Gasteiger partial charge in [0.05, 0.1) is 37.6 Å². The van der Waals surface area contributed by atoms with Crippen molar-refractivity contribution in [2.24, 2.45) is 29.4 Å². The number of carbonyl (C=O) groups is 2. The maximum atomic E-state index is 13.1. The van der Waals surface area contributed by atoms with Crippen molar-refractivity contribution < 1.29 is 28.9 Å². The van der Waals surface area contributed by atoms with Crippen LogP contribution < -0.4 is 21.1 Å². The van der Waals surface area contributed by atoms with Gasteiger partial charge in [0.15, 0.2) is 0 Å². The number of ether oxygens (including phenoxy) is 3. The summed E-state index contributed by atoms with van der Waals surface area (Å²) in [6, 6.07) is 6.69. The first-order valence-electron chi connectivity index (χ1n) is 15.6. The molecule has 240 valence electrons. The average molecular weight is 593 g/mol.